The number of carbonyl (C=O) groups is 2. The third-order valence-electron chi connectivity index (χ3n) is 3.48. The number of ketones is 1. The molecular weight excluding hydrogens is 268 g/mol. The van der Waals surface area contributed by atoms with Gasteiger partial charge in [0.15, 0.2) is 5.78 Å². The monoisotopic (exact) mass is 294 g/mol. The zero-order valence-corrected chi connectivity index (χ0v) is 12.7. The summed E-state index contributed by atoms with van der Waals surface area (Å²) in [6.07, 6.45) is 2.48. The molecule has 0 aromatic heterocycles. The lowest BCUT2D eigenvalue weighted by atomic mass is 10.1. The van der Waals surface area contributed by atoms with Crippen LogP contribution in [-0.2, 0) is 9.59 Å². The van der Waals surface area contributed by atoms with Crippen LogP contribution >= 0.6 is 0 Å². The van der Waals surface area contributed by atoms with E-state index in [2.05, 4.69) is 36.0 Å². The summed E-state index contributed by atoms with van der Waals surface area (Å²) in [6.45, 7) is 14.1. The predicted molar refractivity (Wildman–Crippen MR) is 84.1 cm³/mol. The van der Waals surface area contributed by atoms with Gasteiger partial charge < -0.3 is 20.9 Å². The molecule has 6 nitrogen and oxygen atoms in total. The van der Waals surface area contributed by atoms with Crippen molar-refractivity contribution >= 4 is 11.7 Å². The number of hydrogen-bond acceptors (Lipinski definition) is 5. The molecule has 2 heterocycles. The molecule has 0 radical (unpaired) electrons. The van der Waals surface area contributed by atoms with Crippen molar-refractivity contribution in [1.29, 1.82) is 0 Å². The Labute approximate surface area is 126 Å². The first kappa shape index (κ1) is 17.6. The van der Waals surface area contributed by atoms with E-state index in [0.717, 1.165) is 19.6 Å². The minimum atomic E-state index is -0.424. The van der Waals surface area contributed by atoms with Crippen molar-refractivity contribution in [2.45, 2.75) is 19.0 Å². The van der Waals surface area contributed by atoms with E-state index >= 15 is 0 Å². The second-order valence-electron chi connectivity index (χ2n) is 5.12. The van der Waals surface area contributed by atoms with Gasteiger partial charge in [0.25, 0.3) is 0 Å². The average molecular weight is 294 g/mol. The molecule has 0 aliphatic carbocycles. The molecule has 2 saturated heterocycles. The minimum Gasteiger partial charge on any atom is -0.326 e. The number of nitrogens with zero attached hydrogens (tertiary/aromatic N) is 1. The van der Waals surface area contributed by atoms with Crippen LogP contribution in [-0.4, -0.2) is 67.9 Å². The van der Waals surface area contributed by atoms with E-state index in [-0.39, 0.29) is 11.7 Å². The Morgan fingerprint density at radius 2 is 1.81 bits per heavy atom. The van der Waals surface area contributed by atoms with E-state index in [1.165, 1.54) is 17.1 Å². The maximum absolute atomic E-state index is 11.4. The van der Waals surface area contributed by atoms with Gasteiger partial charge in [-0.25, -0.2) is 0 Å². The summed E-state index contributed by atoms with van der Waals surface area (Å²) in [7, 11) is 0. The zero-order valence-electron chi connectivity index (χ0n) is 12.7. The quantitative estimate of drug-likeness (QED) is 0.600. The Kier molecular flexibility index (Phi) is 7.89. The van der Waals surface area contributed by atoms with Crippen LogP contribution in [0.15, 0.2) is 25.3 Å². The lowest BCUT2D eigenvalue weighted by molar-refractivity contribution is -0.135. The van der Waals surface area contributed by atoms with Gasteiger partial charge in [-0.05, 0) is 19.1 Å². The Balaban J connectivity index is 0.000000262. The standard InChI is InChI=1S/C10H14N2O2.C5H12N2/c1-3-9(13)8-7-11-5-6-12(8)10(14)4-2;1-5-4-6-2-3-7-5/h3-4,8,11H,1-2,5-7H2;5-7H,2-4H2,1H3. The molecule has 0 aromatic carbocycles. The summed E-state index contributed by atoms with van der Waals surface area (Å²) in [5, 5.41) is 9.65. The molecule has 2 atom stereocenters. The molecule has 2 unspecified atom stereocenters. The van der Waals surface area contributed by atoms with E-state index in [1.807, 2.05) is 0 Å². The highest BCUT2D eigenvalue weighted by atomic mass is 16.2. The predicted octanol–water partition coefficient (Wildman–Crippen LogP) is -0.704. The maximum atomic E-state index is 11.4. The van der Waals surface area contributed by atoms with Gasteiger partial charge in [0.2, 0.25) is 5.91 Å². The first-order valence-electron chi connectivity index (χ1n) is 7.34. The largest absolute Gasteiger partial charge is 0.326 e. The molecule has 118 valence electrons. The van der Waals surface area contributed by atoms with E-state index in [1.54, 1.807) is 0 Å². The highest BCUT2D eigenvalue weighted by Crippen LogP contribution is 2.06. The molecule has 2 fully saturated rings. The molecule has 0 saturated carbocycles. The number of rotatable bonds is 3. The van der Waals surface area contributed by atoms with Crippen LogP contribution in [0.2, 0.25) is 0 Å². The van der Waals surface area contributed by atoms with Crippen LogP contribution < -0.4 is 16.0 Å². The first-order valence-corrected chi connectivity index (χ1v) is 7.34. The molecule has 3 N–H and O–H groups in total. The number of nitrogens with one attached hydrogen (secondary N) is 3. The summed E-state index contributed by atoms with van der Waals surface area (Å²) in [5.74, 6) is -0.334. The molecule has 21 heavy (non-hydrogen) atoms. The Hall–Kier alpha value is -1.50. The van der Waals surface area contributed by atoms with Crippen molar-refractivity contribution < 1.29 is 9.59 Å². The van der Waals surface area contributed by atoms with Crippen LogP contribution in [0.3, 0.4) is 0 Å². The van der Waals surface area contributed by atoms with Crippen molar-refractivity contribution in [3.8, 4) is 0 Å². The topological polar surface area (TPSA) is 73.5 Å². The number of amides is 1. The van der Waals surface area contributed by atoms with Gasteiger partial charge in [-0.15, -0.1) is 0 Å². The Morgan fingerprint density at radius 1 is 1.10 bits per heavy atom. The smallest absolute Gasteiger partial charge is 0.246 e. The van der Waals surface area contributed by atoms with Crippen LogP contribution in [0.5, 0.6) is 0 Å². The third kappa shape index (κ3) is 5.79. The van der Waals surface area contributed by atoms with E-state index in [0.29, 0.717) is 25.7 Å². The van der Waals surface area contributed by atoms with Gasteiger partial charge in [0.05, 0.1) is 0 Å². The molecule has 2 aliphatic rings. The summed E-state index contributed by atoms with van der Waals surface area (Å²) in [5.41, 5.74) is 0. The van der Waals surface area contributed by atoms with Crippen molar-refractivity contribution in [3.63, 3.8) is 0 Å². The van der Waals surface area contributed by atoms with Crippen molar-refractivity contribution in [1.82, 2.24) is 20.9 Å². The normalized spacial score (nSPS) is 25.3. The maximum Gasteiger partial charge on any atom is 0.246 e. The van der Waals surface area contributed by atoms with Crippen LogP contribution in [0, 0.1) is 0 Å². The third-order valence-corrected chi connectivity index (χ3v) is 3.48. The summed E-state index contributed by atoms with van der Waals surface area (Å²) in [4.78, 5) is 24.3. The lowest BCUT2D eigenvalue weighted by Gasteiger charge is -2.33. The molecule has 1 amide bonds. The highest BCUT2D eigenvalue weighted by Gasteiger charge is 2.28. The molecule has 6 heteroatoms. The zero-order chi connectivity index (χ0) is 15.7. The fourth-order valence-electron chi connectivity index (χ4n) is 2.27. The van der Waals surface area contributed by atoms with Crippen LogP contribution in [0.1, 0.15) is 6.92 Å². The molecule has 0 spiro atoms. The molecule has 0 aromatic rings. The summed E-state index contributed by atoms with van der Waals surface area (Å²) in [6, 6.07) is 0.250. The van der Waals surface area contributed by atoms with Crippen LogP contribution in [0.25, 0.3) is 0 Å². The fraction of sp³-hybridized carbons (Fsp3) is 0.600. The molecular formula is C15H26N4O2. The lowest BCUT2D eigenvalue weighted by Crippen LogP contribution is -2.56. The van der Waals surface area contributed by atoms with E-state index in [9.17, 15) is 9.59 Å². The number of carbonyl (C=O) groups excluding carboxylic acids is 2. The van der Waals surface area contributed by atoms with Gasteiger partial charge >= 0.3 is 0 Å². The molecule has 0 bridgehead atoms. The minimum absolute atomic E-state index is 0.132. The Bertz CT molecular complexity index is 350. The average Bonchev–Trinajstić information content (AvgIpc) is 2.54. The second kappa shape index (κ2) is 9.44. The highest BCUT2D eigenvalue weighted by molar-refractivity contribution is 5.98. The summed E-state index contributed by atoms with van der Waals surface area (Å²) >= 11 is 0. The SMILES string of the molecule is C=CC(=O)C1CNCCN1C(=O)C=C.CC1CNCCN1. The summed E-state index contributed by atoms with van der Waals surface area (Å²) < 4.78 is 0. The van der Waals surface area contributed by atoms with Gasteiger partial charge in [0, 0.05) is 45.3 Å². The number of piperazine rings is 2. The second-order valence-corrected chi connectivity index (χ2v) is 5.12. The van der Waals surface area contributed by atoms with Crippen molar-refractivity contribution in [2.75, 3.05) is 39.3 Å². The van der Waals surface area contributed by atoms with E-state index in [4.69, 9.17) is 0 Å². The molecule has 2 rings (SSSR count). The van der Waals surface area contributed by atoms with Gasteiger partial charge in [0.1, 0.15) is 6.04 Å². The van der Waals surface area contributed by atoms with E-state index < -0.39 is 6.04 Å². The van der Waals surface area contributed by atoms with Crippen molar-refractivity contribution in [2.24, 2.45) is 0 Å². The Morgan fingerprint density at radius 3 is 2.29 bits per heavy atom. The first-order chi connectivity index (χ1) is 10.1. The van der Waals surface area contributed by atoms with Gasteiger partial charge in [-0.3, -0.25) is 9.59 Å². The molecule has 2 aliphatic heterocycles. The fourth-order valence-corrected chi connectivity index (χ4v) is 2.27. The van der Waals surface area contributed by atoms with Crippen molar-refractivity contribution in [3.05, 3.63) is 25.3 Å². The number of hydrogen-bond donors (Lipinski definition) is 3. The van der Waals surface area contributed by atoms with Crippen LogP contribution in [0.4, 0.5) is 0 Å². The van der Waals surface area contributed by atoms with Gasteiger partial charge in [-0.2, -0.15) is 0 Å². The van der Waals surface area contributed by atoms with Gasteiger partial charge in [-0.1, -0.05) is 13.2 Å².